The molecule has 106 valence electrons. The summed E-state index contributed by atoms with van der Waals surface area (Å²) >= 11 is 1.73. The number of benzene rings is 1. The van der Waals surface area contributed by atoms with Crippen LogP contribution in [0.5, 0.6) is 5.75 Å². The van der Waals surface area contributed by atoms with Gasteiger partial charge in [0.25, 0.3) is 0 Å². The summed E-state index contributed by atoms with van der Waals surface area (Å²) in [6, 6.07) is 8.40. The SMILES string of the molecule is COc1cccc(C2CSc3nnc(C(C)C)n3N2)c1. The van der Waals surface area contributed by atoms with Crippen LogP contribution in [-0.2, 0) is 0 Å². The van der Waals surface area contributed by atoms with Crippen LogP contribution in [0.15, 0.2) is 29.4 Å². The fraction of sp³-hybridized carbons (Fsp3) is 0.429. The van der Waals surface area contributed by atoms with E-state index in [-0.39, 0.29) is 6.04 Å². The van der Waals surface area contributed by atoms with Gasteiger partial charge in [-0.2, -0.15) is 0 Å². The molecule has 1 aromatic heterocycles. The molecule has 1 aliphatic rings. The number of hydrogen-bond donors (Lipinski definition) is 1. The average molecular weight is 290 g/mol. The number of ether oxygens (including phenoxy) is 1. The van der Waals surface area contributed by atoms with E-state index in [1.165, 1.54) is 5.56 Å². The van der Waals surface area contributed by atoms with Crippen molar-refractivity contribution in [2.45, 2.75) is 31.0 Å². The highest BCUT2D eigenvalue weighted by Crippen LogP contribution is 2.32. The molecule has 1 aliphatic heterocycles. The summed E-state index contributed by atoms with van der Waals surface area (Å²) in [5.41, 5.74) is 4.72. The lowest BCUT2D eigenvalue weighted by Gasteiger charge is -2.27. The van der Waals surface area contributed by atoms with Crippen LogP contribution in [0.3, 0.4) is 0 Å². The molecule has 0 amide bonds. The van der Waals surface area contributed by atoms with Crippen molar-refractivity contribution in [1.82, 2.24) is 14.9 Å². The van der Waals surface area contributed by atoms with E-state index in [1.807, 2.05) is 16.8 Å². The van der Waals surface area contributed by atoms with E-state index >= 15 is 0 Å². The number of nitrogens with one attached hydrogen (secondary N) is 1. The summed E-state index contributed by atoms with van der Waals surface area (Å²) in [5.74, 6) is 3.13. The number of hydrogen-bond acceptors (Lipinski definition) is 5. The van der Waals surface area contributed by atoms with E-state index in [9.17, 15) is 0 Å². The minimum absolute atomic E-state index is 0.232. The topological polar surface area (TPSA) is 52.0 Å². The molecule has 0 saturated heterocycles. The molecule has 0 radical (unpaired) electrons. The zero-order valence-electron chi connectivity index (χ0n) is 11.8. The summed E-state index contributed by atoms with van der Waals surface area (Å²) in [7, 11) is 1.69. The first kappa shape index (κ1) is 13.3. The Morgan fingerprint density at radius 1 is 1.40 bits per heavy atom. The third kappa shape index (κ3) is 2.35. The molecule has 2 aromatic rings. The summed E-state index contributed by atoms with van der Waals surface area (Å²) in [5, 5.41) is 9.43. The van der Waals surface area contributed by atoms with Crippen LogP contribution in [0.25, 0.3) is 0 Å². The summed E-state index contributed by atoms with van der Waals surface area (Å²) in [4.78, 5) is 0. The van der Waals surface area contributed by atoms with Crippen LogP contribution < -0.4 is 10.2 Å². The lowest BCUT2D eigenvalue weighted by atomic mass is 10.1. The fourth-order valence-corrected chi connectivity index (χ4v) is 3.21. The van der Waals surface area contributed by atoms with Crippen LogP contribution in [0, 0.1) is 0 Å². The lowest BCUT2D eigenvalue weighted by molar-refractivity contribution is 0.414. The number of aromatic nitrogens is 3. The highest BCUT2D eigenvalue weighted by molar-refractivity contribution is 7.99. The van der Waals surface area contributed by atoms with Crippen molar-refractivity contribution in [3.63, 3.8) is 0 Å². The van der Waals surface area contributed by atoms with E-state index < -0.39 is 0 Å². The third-order valence-electron chi connectivity index (χ3n) is 3.33. The second kappa shape index (κ2) is 5.36. The molecule has 6 heteroatoms. The van der Waals surface area contributed by atoms with Crippen molar-refractivity contribution in [2.75, 3.05) is 18.3 Å². The van der Waals surface area contributed by atoms with Gasteiger partial charge in [-0.25, -0.2) is 4.68 Å². The Labute approximate surface area is 122 Å². The Hall–Kier alpha value is -1.69. The Morgan fingerprint density at radius 2 is 2.25 bits per heavy atom. The van der Waals surface area contributed by atoms with E-state index in [0.717, 1.165) is 22.5 Å². The maximum Gasteiger partial charge on any atom is 0.210 e. The van der Waals surface area contributed by atoms with E-state index in [4.69, 9.17) is 4.74 Å². The first-order valence-electron chi connectivity index (χ1n) is 6.67. The molecular formula is C14H18N4OS. The van der Waals surface area contributed by atoms with Gasteiger partial charge in [0.15, 0.2) is 5.82 Å². The molecule has 1 N–H and O–H groups in total. The average Bonchev–Trinajstić information content (AvgIpc) is 2.90. The maximum atomic E-state index is 5.30. The first-order valence-corrected chi connectivity index (χ1v) is 7.66. The summed E-state index contributed by atoms with van der Waals surface area (Å²) in [6.45, 7) is 4.25. The zero-order valence-corrected chi connectivity index (χ0v) is 12.6. The maximum absolute atomic E-state index is 5.30. The van der Waals surface area contributed by atoms with Crippen molar-refractivity contribution >= 4 is 11.8 Å². The molecule has 1 unspecified atom stereocenters. The van der Waals surface area contributed by atoms with Crippen molar-refractivity contribution in [1.29, 1.82) is 0 Å². The van der Waals surface area contributed by atoms with Gasteiger partial charge in [0, 0.05) is 11.7 Å². The smallest absolute Gasteiger partial charge is 0.210 e. The van der Waals surface area contributed by atoms with Gasteiger partial charge in [-0.3, -0.25) is 0 Å². The monoisotopic (exact) mass is 290 g/mol. The number of fused-ring (bicyclic) bond motifs is 1. The van der Waals surface area contributed by atoms with Crippen LogP contribution in [0.1, 0.15) is 37.2 Å². The van der Waals surface area contributed by atoms with E-state index in [1.54, 1.807) is 18.9 Å². The molecule has 1 aromatic carbocycles. The fourth-order valence-electron chi connectivity index (χ4n) is 2.25. The molecule has 0 bridgehead atoms. The highest BCUT2D eigenvalue weighted by atomic mass is 32.2. The minimum Gasteiger partial charge on any atom is -0.497 e. The molecule has 0 spiro atoms. The number of thioether (sulfide) groups is 1. The largest absolute Gasteiger partial charge is 0.497 e. The number of rotatable bonds is 3. The van der Waals surface area contributed by atoms with Crippen LogP contribution in [0.2, 0.25) is 0 Å². The van der Waals surface area contributed by atoms with Gasteiger partial charge < -0.3 is 10.2 Å². The van der Waals surface area contributed by atoms with Gasteiger partial charge in [-0.1, -0.05) is 37.7 Å². The van der Waals surface area contributed by atoms with Gasteiger partial charge in [0.1, 0.15) is 5.75 Å². The zero-order chi connectivity index (χ0) is 14.1. The molecule has 0 aliphatic carbocycles. The summed E-state index contributed by atoms with van der Waals surface area (Å²) < 4.78 is 7.31. The van der Waals surface area contributed by atoms with Crippen molar-refractivity contribution in [2.24, 2.45) is 0 Å². The molecule has 0 saturated carbocycles. The second-order valence-electron chi connectivity index (χ2n) is 5.10. The predicted octanol–water partition coefficient (Wildman–Crippen LogP) is 2.80. The Bertz CT molecular complexity index is 611. The van der Waals surface area contributed by atoms with Gasteiger partial charge >= 0.3 is 0 Å². The Morgan fingerprint density at radius 3 is 3.00 bits per heavy atom. The van der Waals surface area contributed by atoms with Crippen LogP contribution in [-0.4, -0.2) is 27.7 Å². The molecule has 1 atom stereocenters. The molecule has 20 heavy (non-hydrogen) atoms. The predicted molar refractivity (Wildman–Crippen MR) is 79.9 cm³/mol. The Balaban J connectivity index is 1.89. The normalized spacial score (nSPS) is 17.7. The first-order chi connectivity index (χ1) is 9.69. The minimum atomic E-state index is 0.232. The molecular weight excluding hydrogens is 272 g/mol. The number of methoxy groups -OCH3 is 1. The standard InChI is InChI=1S/C14H18N4OS/c1-9(2)13-15-16-14-18(13)17-12(8-20-14)10-5-4-6-11(7-10)19-3/h4-7,9,12,17H,8H2,1-3H3. The van der Waals surface area contributed by atoms with Gasteiger partial charge in [-0.15, -0.1) is 10.2 Å². The number of nitrogens with zero attached hydrogens (tertiary/aromatic N) is 3. The summed E-state index contributed by atoms with van der Waals surface area (Å²) in [6.07, 6.45) is 0. The van der Waals surface area contributed by atoms with Crippen LogP contribution >= 0.6 is 11.8 Å². The van der Waals surface area contributed by atoms with Crippen LogP contribution in [0.4, 0.5) is 0 Å². The molecule has 0 fully saturated rings. The van der Waals surface area contributed by atoms with Crippen molar-refractivity contribution in [3.05, 3.63) is 35.7 Å². The quantitative estimate of drug-likeness (QED) is 0.942. The van der Waals surface area contributed by atoms with Crippen molar-refractivity contribution < 1.29 is 4.74 Å². The van der Waals surface area contributed by atoms with Gasteiger partial charge in [-0.05, 0) is 17.7 Å². The highest BCUT2D eigenvalue weighted by Gasteiger charge is 2.25. The molecule has 5 nitrogen and oxygen atoms in total. The molecule has 3 rings (SSSR count). The van der Waals surface area contributed by atoms with E-state index in [2.05, 4.69) is 41.6 Å². The lowest BCUT2D eigenvalue weighted by Crippen LogP contribution is -2.29. The van der Waals surface area contributed by atoms with Gasteiger partial charge in [0.05, 0.1) is 13.2 Å². The van der Waals surface area contributed by atoms with E-state index in [0.29, 0.717) is 5.92 Å². The second-order valence-corrected chi connectivity index (χ2v) is 6.09. The third-order valence-corrected chi connectivity index (χ3v) is 4.36. The molecule has 2 heterocycles. The Kier molecular flexibility index (Phi) is 3.56. The van der Waals surface area contributed by atoms with Gasteiger partial charge in [0.2, 0.25) is 5.16 Å². The van der Waals surface area contributed by atoms with Crippen molar-refractivity contribution in [3.8, 4) is 5.75 Å².